The predicted octanol–water partition coefficient (Wildman–Crippen LogP) is 0.581. The van der Waals surface area contributed by atoms with Gasteiger partial charge in [0.2, 0.25) is 0 Å². The van der Waals surface area contributed by atoms with Crippen LogP contribution in [0.25, 0.3) is 0 Å². The van der Waals surface area contributed by atoms with Gasteiger partial charge in [0.15, 0.2) is 0 Å². The first-order valence-electron chi connectivity index (χ1n) is 5.35. The van der Waals surface area contributed by atoms with Crippen LogP contribution in [0.5, 0.6) is 0 Å². The van der Waals surface area contributed by atoms with Gasteiger partial charge in [-0.1, -0.05) is 12.2 Å². The molecule has 1 aromatic heterocycles. The molecule has 1 amide bonds. The van der Waals surface area contributed by atoms with Crippen molar-refractivity contribution < 1.29 is 4.79 Å². The van der Waals surface area contributed by atoms with Crippen molar-refractivity contribution >= 4 is 18.0 Å². The lowest BCUT2D eigenvalue weighted by Gasteiger charge is -2.19. The highest BCUT2D eigenvalue weighted by molar-refractivity contribution is 6.09. The Hall–Kier alpha value is -2.30. The number of hydrogen-bond acceptors (Lipinski definition) is 4. The van der Waals surface area contributed by atoms with Crippen molar-refractivity contribution in [2.24, 2.45) is 9.98 Å². The molecule has 0 bridgehead atoms. The van der Waals surface area contributed by atoms with Crippen LogP contribution in [0, 0.1) is 0 Å². The standard InChI is InChI=1S/C12H10N4O/c17-12-8-3-1-5-13-10(8)7-15-11-9(16-12)4-2-6-14-11/h1-5,7,9H,6H2,(H,16,17). The van der Waals surface area contributed by atoms with Gasteiger partial charge in [0.1, 0.15) is 11.9 Å². The summed E-state index contributed by atoms with van der Waals surface area (Å²) in [4.78, 5) is 24.7. The lowest BCUT2D eigenvalue weighted by Crippen LogP contribution is -2.41. The number of rotatable bonds is 0. The summed E-state index contributed by atoms with van der Waals surface area (Å²) in [5, 5.41) is 2.87. The van der Waals surface area contributed by atoms with E-state index in [2.05, 4.69) is 20.3 Å². The van der Waals surface area contributed by atoms with Gasteiger partial charge in [0.05, 0.1) is 24.0 Å². The molecule has 1 N–H and O–H groups in total. The summed E-state index contributed by atoms with van der Waals surface area (Å²) < 4.78 is 0. The number of nitrogens with one attached hydrogen (secondary N) is 1. The number of amides is 1. The minimum atomic E-state index is -0.235. The Kier molecular flexibility index (Phi) is 2.29. The molecule has 2 aliphatic rings. The number of carbonyl (C=O) groups is 1. The largest absolute Gasteiger partial charge is 0.338 e. The SMILES string of the molecule is O=C1NC2C=CCN=C2N=Cc2ncccc21. The average molecular weight is 226 g/mol. The molecule has 5 nitrogen and oxygen atoms in total. The first-order valence-corrected chi connectivity index (χ1v) is 5.35. The van der Waals surface area contributed by atoms with Gasteiger partial charge in [-0.15, -0.1) is 0 Å². The zero-order valence-corrected chi connectivity index (χ0v) is 9.00. The third-order valence-corrected chi connectivity index (χ3v) is 2.65. The molecule has 3 rings (SSSR count). The molecular weight excluding hydrogens is 216 g/mol. The summed E-state index contributed by atoms with van der Waals surface area (Å²) >= 11 is 0. The summed E-state index contributed by atoms with van der Waals surface area (Å²) in [6.07, 6.45) is 7.05. The molecule has 17 heavy (non-hydrogen) atoms. The molecule has 0 spiro atoms. The van der Waals surface area contributed by atoms with Crippen LogP contribution in [-0.2, 0) is 0 Å². The Morgan fingerprint density at radius 3 is 3.29 bits per heavy atom. The quantitative estimate of drug-likeness (QED) is 0.657. The van der Waals surface area contributed by atoms with Gasteiger partial charge in [-0.2, -0.15) is 0 Å². The van der Waals surface area contributed by atoms with Gasteiger partial charge < -0.3 is 5.32 Å². The average Bonchev–Trinajstić information content (AvgIpc) is 2.36. The molecule has 0 saturated heterocycles. The number of pyridine rings is 1. The zero-order chi connectivity index (χ0) is 11.7. The third kappa shape index (κ3) is 1.75. The highest BCUT2D eigenvalue weighted by atomic mass is 16.1. The van der Waals surface area contributed by atoms with Crippen LogP contribution in [0.15, 0.2) is 40.5 Å². The first-order chi connectivity index (χ1) is 8.34. The van der Waals surface area contributed by atoms with E-state index in [1.54, 1.807) is 24.5 Å². The fraction of sp³-hybridized carbons (Fsp3) is 0.167. The lowest BCUT2D eigenvalue weighted by atomic mass is 10.1. The number of aromatic nitrogens is 1. The maximum atomic E-state index is 12.0. The molecule has 1 unspecified atom stereocenters. The molecule has 5 heteroatoms. The molecule has 84 valence electrons. The highest BCUT2D eigenvalue weighted by Crippen LogP contribution is 2.09. The topological polar surface area (TPSA) is 66.7 Å². The van der Waals surface area contributed by atoms with E-state index < -0.39 is 0 Å². The summed E-state index contributed by atoms with van der Waals surface area (Å²) in [6, 6.07) is 3.23. The Balaban J connectivity index is 2.09. The van der Waals surface area contributed by atoms with Gasteiger partial charge in [-0.05, 0) is 12.1 Å². The van der Waals surface area contributed by atoms with E-state index in [0.29, 0.717) is 23.6 Å². The molecule has 0 aliphatic carbocycles. The van der Waals surface area contributed by atoms with E-state index in [9.17, 15) is 4.79 Å². The highest BCUT2D eigenvalue weighted by Gasteiger charge is 2.22. The van der Waals surface area contributed by atoms with Gasteiger partial charge in [0.25, 0.3) is 5.91 Å². The van der Waals surface area contributed by atoms with Gasteiger partial charge in [-0.3, -0.25) is 14.8 Å². The van der Waals surface area contributed by atoms with E-state index in [1.807, 2.05) is 12.2 Å². The van der Waals surface area contributed by atoms with Crippen LogP contribution in [0.1, 0.15) is 16.1 Å². The lowest BCUT2D eigenvalue weighted by molar-refractivity contribution is 0.0951. The number of hydrogen-bond donors (Lipinski definition) is 1. The third-order valence-electron chi connectivity index (χ3n) is 2.65. The molecular formula is C12H10N4O. The molecule has 1 atom stereocenters. The number of amidine groups is 1. The number of aliphatic imine (C=N–C) groups is 2. The van der Waals surface area contributed by atoms with E-state index in [1.165, 1.54) is 0 Å². The number of fused-ring (bicyclic) bond motifs is 2. The summed E-state index contributed by atoms with van der Waals surface area (Å²) in [7, 11) is 0. The van der Waals surface area contributed by atoms with Crippen LogP contribution in [-0.4, -0.2) is 35.5 Å². The number of dihydropyridines is 1. The predicted molar refractivity (Wildman–Crippen MR) is 64.5 cm³/mol. The van der Waals surface area contributed by atoms with Gasteiger partial charge >= 0.3 is 0 Å². The normalized spacial score (nSPS) is 21.8. The van der Waals surface area contributed by atoms with Crippen LogP contribution >= 0.6 is 0 Å². The smallest absolute Gasteiger partial charge is 0.254 e. The second-order valence-corrected chi connectivity index (χ2v) is 3.77. The second kappa shape index (κ2) is 3.93. The minimum absolute atomic E-state index is 0.150. The molecule has 0 fully saturated rings. The Bertz CT molecular complexity index is 559. The maximum Gasteiger partial charge on any atom is 0.254 e. The second-order valence-electron chi connectivity index (χ2n) is 3.77. The van der Waals surface area contributed by atoms with Crippen LogP contribution in [0.2, 0.25) is 0 Å². The van der Waals surface area contributed by atoms with Crippen molar-refractivity contribution in [3.8, 4) is 0 Å². The Labute approximate surface area is 98.0 Å². The van der Waals surface area contributed by atoms with Crippen molar-refractivity contribution in [3.63, 3.8) is 0 Å². The number of carbonyl (C=O) groups excluding carboxylic acids is 1. The fourth-order valence-electron chi connectivity index (χ4n) is 1.82. The molecule has 3 heterocycles. The molecule has 0 radical (unpaired) electrons. The summed E-state index contributed by atoms with van der Waals surface area (Å²) in [5.41, 5.74) is 1.11. The van der Waals surface area contributed by atoms with E-state index in [4.69, 9.17) is 0 Å². The fourth-order valence-corrected chi connectivity index (χ4v) is 1.82. The van der Waals surface area contributed by atoms with E-state index >= 15 is 0 Å². The van der Waals surface area contributed by atoms with Crippen LogP contribution in [0.4, 0.5) is 0 Å². The van der Waals surface area contributed by atoms with Crippen molar-refractivity contribution in [1.29, 1.82) is 0 Å². The number of nitrogens with zero attached hydrogens (tertiary/aromatic N) is 3. The monoisotopic (exact) mass is 226 g/mol. The summed E-state index contributed by atoms with van der Waals surface area (Å²) in [5.74, 6) is 0.473. The Morgan fingerprint density at radius 2 is 2.35 bits per heavy atom. The van der Waals surface area contributed by atoms with Gasteiger partial charge in [-0.25, -0.2) is 4.99 Å². The molecule has 2 aliphatic heterocycles. The van der Waals surface area contributed by atoms with Crippen molar-refractivity contribution in [2.75, 3.05) is 6.54 Å². The van der Waals surface area contributed by atoms with Crippen LogP contribution < -0.4 is 5.32 Å². The molecule has 0 saturated carbocycles. The van der Waals surface area contributed by atoms with Gasteiger partial charge in [0, 0.05) is 6.20 Å². The summed E-state index contributed by atoms with van der Waals surface area (Å²) in [6.45, 7) is 0.605. The molecule has 0 aromatic carbocycles. The first kappa shape index (κ1) is 9.89. The van der Waals surface area contributed by atoms with Crippen molar-refractivity contribution in [1.82, 2.24) is 10.3 Å². The van der Waals surface area contributed by atoms with Crippen LogP contribution in [0.3, 0.4) is 0 Å². The van der Waals surface area contributed by atoms with E-state index in [-0.39, 0.29) is 11.9 Å². The Morgan fingerprint density at radius 1 is 1.41 bits per heavy atom. The minimum Gasteiger partial charge on any atom is -0.338 e. The maximum absolute atomic E-state index is 12.0. The zero-order valence-electron chi connectivity index (χ0n) is 9.00. The van der Waals surface area contributed by atoms with E-state index in [0.717, 1.165) is 0 Å². The van der Waals surface area contributed by atoms with Crippen molar-refractivity contribution in [2.45, 2.75) is 6.04 Å². The molecule has 1 aromatic rings. The van der Waals surface area contributed by atoms with Crippen molar-refractivity contribution in [3.05, 3.63) is 41.7 Å².